The van der Waals surface area contributed by atoms with Crippen LogP contribution in [0.5, 0.6) is 0 Å². The van der Waals surface area contributed by atoms with Crippen LogP contribution in [0, 0.1) is 5.92 Å². The van der Waals surface area contributed by atoms with E-state index in [1.807, 2.05) is 0 Å². The number of nitrogens with zero attached hydrogens (tertiary/aromatic N) is 1. The second kappa shape index (κ2) is 4.39. The van der Waals surface area contributed by atoms with Gasteiger partial charge in [-0.15, -0.1) is 0 Å². The van der Waals surface area contributed by atoms with Crippen molar-refractivity contribution in [3.63, 3.8) is 0 Å². The van der Waals surface area contributed by atoms with Crippen molar-refractivity contribution in [1.82, 2.24) is 0 Å². The summed E-state index contributed by atoms with van der Waals surface area (Å²) in [6, 6.07) is -0.221. The Kier molecular flexibility index (Phi) is 3.45. The first-order valence-corrected chi connectivity index (χ1v) is 4.40. The van der Waals surface area contributed by atoms with Crippen molar-refractivity contribution in [3.8, 4) is 0 Å². The van der Waals surface area contributed by atoms with Gasteiger partial charge < -0.3 is 0 Å². The van der Waals surface area contributed by atoms with Gasteiger partial charge in [-0.25, -0.2) is 9.79 Å². The van der Waals surface area contributed by atoms with E-state index in [1.54, 1.807) is 0 Å². The molecule has 1 aliphatic rings. The lowest BCUT2D eigenvalue weighted by molar-refractivity contribution is -0.116. The number of isocyanates is 1. The molecule has 0 radical (unpaired) electrons. The van der Waals surface area contributed by atoms with E-state index >= 15 is 0 Å². The summed E-state index contributed by atoms with van der Waals surface area (Å²) < 4.78 is 0. The van der Waals surface area contributed by atoms with Gasteiger partial charge in [-0.2, -0.15) is 0 Å². The van der Waals surface area contributed by atoms with Gasteiger partial charge >= 0.3 is 0 Å². The van der Waals surface area contributed by atoms with E-state index in [2.05, 4.69) is 4.99 Å². The zero-order chi connectivity index (χ0) is 8.97. The molecule has 3 nitrogen and oxygen atoms in total. The van der Waals surface area contributed by atoms with Gasteiger partial charge in [-0.1, -0.05) is 12.8 Å². The Morgan fingerprint density at radius 2 is 2.08 bits per heavy atom. The van der Waals surface area contributed by atoms with Crippen molar-refractivity contribution < 1.29 is 9.59 Å². The Morgan fingerprint density at radius 1 is 1.42 bits per heavy atom. The third-order valence-corrected chi connectivity index (χ3v) is 2.52. The van der Waals surface area contributed by atoms with Crippen LogP contribution < -0.4 is 0 Å². The monoisotopic (exact) mass is 187 g/mol. The van der Waals surface area contributed by atoms with Gasteiger partial charge in [0.2, 0.25) is 11.3 Å². The number of halogens is 1. The number of aliphatic imine (C=N–C) groups is 1. The van der Waals surface area contributed by atoms with Crippen LogP contribution in [0.3, 0.4) is 0 Å². The maximum absolute atomic E-state index is 10.9. The SMILES string of the molecule is O=C=N[C@@H]1CCCC[C@H]1C(=O)Cl. The molecule has 0 N–H and O–H groups in total. The van der Waals surface area contributed by atoms with Gasteiger partial charge in [-0.3, -0.25) is 4.79 Å². The number of rotatable bonds is 2. The maximum atomic E-state index is 10.9. The van der Waals surface area contributed by atoms with E-state index in [1.165, 1.54) is 6.08 Å². The van der Waals surface area contributed by atoms with E-state index in [-0.39, 0.29) is 17.2 Å². The van der Waals surface area contributed by atoms with Crippen molar-refractivity contribution in [3.05, 3.63) is 0 Å². The summed E-state index contributed by atoms with van der Waals surface area (Å²) in [7, 11) is 0. The summed E-state index contributed by atoms with van der Waals surface area (Å²) in [6.07, 6.45) is 5.02. The quantitative estimate of drug-likeness (QED) is 0.375. The maximum Gasteiger partial charge on any atom is 0.235 e. The predicted octanol–water partition coefficient (Wildman–Crippen LogP) is 1.65. The summed E-state index contributed by atoms with van der Waals surface area (Å²) >= 11 is 5.36. The van der Waals surface area contributed by atoms with Crippen LogP contribution >= 0.6 is 11.6 Å². The van der Waals surface area contributed by atoms with Crippen LogP contribution in [0.15, 0.2) is 4.99 Å². The summed E-state index contributed by atoms with van der Waals surface area (Å²) in [4.78, 5) is 24.4. The largest absolute Gasteiger partial charge is 0.281 e. The molecule has 1 rings (SSSR count). The first-order valence-electron chi connectivity index (χ1n) is 4.02. The summed E-state index contributed by atoms with van der Waals surface area (Å²) in [5, 5.41) is -0.376. The van der Waals surface area contributed by atoms with Gasteiger partial charge in [0, 0.05) is 0 Å². The summed E-state index contributed by atoms with van der Waals surface area (Å²) in [6.45, 7) is 0. The van der Waals surface area contributed by atoms with Gasteiger partial charge in [0.25, 0.3) is 0 Å². The molecule has 1 saturated carbocycles. The molecule has 0 aromatic carbocycles. The van der Waals surface area contributed by atoms with Crippen LogP contribution in [-0.2, 0) is 9.59 Å². The minimum atomic E-state index is -0.376. The minimum absolute atomic E-state index is 0.221. The molecule has 4 heteroatoms. The molecule has 12 heavy (non-hydrogen) atoms. The van der Waals surface area contributed by atoms with E-state index in [9.17, 15) is 9.59 Å². The average Bonchev–Trinajstić information content (AvgIpc) is 2.05. The highest BCUT2D eigenvalue weighted by Gasteiger charge is 2.29. The Bertz CT molecular complexity index is 213. The topological polar surface area (TPSA) is 46.5 Å². The second-order valence-electron chi connectivity index (χ2n) is 2.98. The van der Waals surface area contributed by atoms with Crippen LogP contribution in [0.2, 0.25) is 0 Å². The molecule has 0 spiro atoms. The van der Waals surface area contributed by atoms with Crippen LogP contribution in [0.25, 0.3) is 0 Å². The standard InChI is InChI=1S/C8H10ClNO2/c9-8(12)6-3-1-2-4-7(6)10-5-11/h6-7H,1-4H2/t6-,7-/m1/s1. The van der Waals surface area contributed by atoms with Crippen molar-refractivity contribution in [2.24, 2.45) is 10.9 Å². The molecule has 0 bridgehead atoms. The van der Waals surface area contributed by atoms with Crippen LogP contribution in [-0.4, -0.2) is 17.4 Å². The Labute approximate surface area is 75.8 Å². The van der Waals surface area contributed by atoms with Gasteiger partial charge in [0.15, 0.2) is 0 Å². The number of hydrogen-bond acceptors (Lipinski definition) is 3. The predicted molar refractivity (Wildman–Crippen MR) is 44.7 cm³/mol. The van der Waals surface area contributed by atoms with Crippen molar-refractivity contribution in [2.45, 2.75) is 31.7 Å². The lowest BCUT2D eigenvalue weighted by atomic mass is 9.86. The first kappa shape index (κ1) is 9.43. The summed E-state index contributed by atoms with van der Waals surface area (Å²) in [5.41, 5.74) is 0. The van der Waals surface area contributed by atoms with E-state index in [4.69, 9.17) is 11.6 Å². The van der Waals surface area contributed by atoms with Gasteiger partial charge in [0.1, 0.15) is 0 Å². The minimum Gasteiger partial charge on any atom is -0.281 e. The third kappa shape index (κ3) is 2.16. The van der Waals surface area contributed by atoms with Gasteiger partial charge in [-0.05, 0) is 24.4 Å². The first-order chi connectivity index (χ1) is 5.75. The normalized spacial score (nSPS) is 29.1. The van der Waals surface area contributed by atoms with Gasteiger partial charge in [0.05, 0.1) is 12.0 Å². The van der Waals surface area contributed by atoms with E-state index in [0.717, 1.165) is 25.7 Å². The highest BCUT2D eigenvalue weighted by Crippen LogP contribution is 2.28. The fourth-order valence-electron chi connectivity index (χ4n) is 1.60. The highest BCUT2D eigenvalue weighted by molar-refractivity contribution is 6.64. The third-order valence-electron chi connectivity index (χ3n) is 2.24. The Balaban J connectivity index is 2.66. The smallest absolute Gasteiger partial charge is 0.235 e. The lowest BCUT2D eigenvalue weighted by Gasteiger charge is -2.23. The number of carbonyl (C=O) groups is 1. The zero-order valence-electron chi connectivity index (χ0n) is 6.62. The van der Waals surface area contributed by atoms with Crippen LogP contribution in [0.4, 0.5) is 0 Å². The fraction of sp³-hybridized carbons (Fsp3) is 0.750. The molecule has 2 atom stereocenters. The molecule has 0 aromatic rings. The Morgan fingerprint density at radius 3 is 2.67 bits per heavy atom. The highest BCUT2D eigenvalue weighted by atomic mass is 35.5. The molecular weight excluding hydrogens is 178 g/mol. The molecule has 0 aliphatic heterocycles. The average molecular weight is 188 g/mol. The molecule has 0 saturated heterocycles. The van der Waals surface area contributed by atoms with E-state index in [0.29, 0.717) is 0 Å². The second-order valence-corrected chi connectivity index (χ2v) is 3.36. The fourth-order valence-corrected chi connectivity index (χ4v) is 1.85. The molecule has 66 valence electrons. The zero-order valence-corrected chi connectivity index (χ0v) is 7.38. The van der Waals surface area contributed by atoms with Crippen LogP contribution in [0.1, 0.15) is 25.7 Å². The molecule has 0 unspecified atom stereocenters. The van der Waals surface area contributed by atoms with Crippen molar-refractivity contribution in [1.29, 1.82) is 0 Å². The number of hydrogen-bond donors (Lipinski definition) is 0. The molecule has 0 amide bonds. The number of carbonyl (C=O) groups excluding carboxylic acids is 2. The molecule has 0 aromatic heterocycles. The van der Waals surface area contributed by atoms with Crippen molar-refractivity contribution in [2.75, 3.05) is 0 Å². The van der Waals surface area contributed by atoms with Crippen molar-refractivity contribution >= 4 is 22.9 Å². The summed E-state index contributed by atoms with van der Waals surface area (Å²) in [5.74, 6) is -0.262. The molecular formula is C8H10ClNO2. The Hall–Kier alpha value is -0.660. The molecule has 1 aliphatic carbocycles. The molecule has 1 fully saturated rings. The van der Waals surface area contributed by atoms with E-state index < -0.39 is 0 Å². The lowest BCUT2D eigenvalue weighted by Crippen LogP contribution is -2.27. The molecule has 0 heterocycles.